The first kappa shape index (κ1) is 15.0. The topological polar surface area (TPSA) is 76.1 Å². The van der Waals surface area contributed by atoms with Gasteiger partial charge in [-0.2, -0.15) is 0 Å². The highest BCUT2D eigenvalue weighted by Gasteiger charge is 2.49. The second-order valence-electron chi connectivity index (χ2n) is 6.37. The Hall–Kier alpha value is -2.57. The molecule has 7 heteroatoms. The van der Waals surface area contributed by atoms with Gasteiger partial charge in [-0.3, -0.25) is 14.5 Å². The number of carbonyl (C=O) groups is 3. The predicted octanol–water partition coefficient (Wildman–Crippen LogP) is 1.41. The van der Waals surface area contributed by atoms with Crippen molar-refractivity contribution in [2.24, 2.45) is 0 Å². The minimum atomic E-state index is -0.383. The summed E-state index contributed by atoms with van der Waals surface area (Å²) in [7, 11) is 3.11. The molecule has 3 heterocycles. The first-order valence-electron chi connectivity index (χ1n) is 7.99. The van der Waals surface area contributed by atoms with Crippen molar-refractivity contribution in [2.45, 2.75) is 37.8 Å². The van der Waals surface area contributed by atoms with E-state index >= 15 is 0 Å². The van der Waals surface area contributed by atoms with E-state index in [1.165, 1.54) is 7.11 Å². The van der Waals surface area contributed by atoms with E-state index in [0.29, 0.717) is 19.3 Å². The van der Waals surface area contributed by atoms with Crippen LogP contribution in [0.5, 0.6) is 0 Å². The van der Waals surface area contributed by atoms with Crippen molar-refractivity contribution < 1.29 is 23.9 Å². The third-order valence-electron chi connectivity index (χ3n) is 5.19. The van der Waals surface area contributed by atoms with Gasteiger partial charge < -0.3 is 14.4 Å². The van der Waals surface area contributed by atoms with Crippen LogP contribution < -0.4 is 9.80 Å². The van der Waals surface area contributed by atoms with Crippen LogP contribution in [0.4, 0.5) is 16.2 Å². The molecule has 3 aliphatic rings. The van der Waals surface area contributed by atoms with Crippen LogP contribution in [0, 0.1) is 0 Å². The summed E-state index contributed by atoms with van der Waals surface area (Å²) < 4.78 is 10.1. The van der Waals surface area contributed by atoms with Gasteiger partial charge >= 0.3 is 12.1 Å². The third kappa shape index (κ3) is 2.00. The van der Waals surface area contributed by atoms with Gasteiger partial charge in [0.15, 0.2) is 0 Å². The fourth-order valence-electron chi connectivity index (χ4n) is 3.93. The molecule has 0 radical (unpaired) electrons. The van der Waals surface area contributed by atoms with E-state index in [1.54, 1.807) is 16.8 Å². The van der Waals surface area contributed by atoms with Gasteiger partial charge in [-0.25, -0.2) is 4.79 Å². The molecule has 0 unspecified atom stereocenters. The number of fused-ring (bicyclic) bond motifs is 5. The van der Waals surface area contributed by atoms with Crippen LogP contribution in [0.3, 0.4) is 0 Å². The van der Waals surface area contributed by atoms with Crippen molar-refractivity contribution in [2.75, 3.05) is 24.0 Å². The van der Waals surface area contributed by atoms with Gasteiger partial charge in [0.2, 0.25) is 5.91 Å². The zero-order valence-corrected chi connectivity index (χ0v) is 13.6. The van der Waals surface area contributed by atoms with Crippen LogP contribution in [0.2, 0.25) is 0 Å². The molecular formula is C17H18N2O5. The number of nitrogens with zero attached hydrogens (tertiary/aromatic N) is 2. The number of cyclic esters (lactones) is 1. The number of hydrogen-bond donors (Lipinski definition) is 0. The standard InChI is InChI=1S/C17H18N2O5/c1-18-11-3-4-12-9(10(11)8-15(18)20)7-13-14(5-6-16(21)23-2)24-17(22)19(12)13/h3-4,13-14H,5-8H2,1-2H3/t13-,14-/m0/s1. The molecule has 0 saturated carbocycles. The molecule has 1 aromatic carbocycles. The van der Waals surface area contributed by atoms with Crippen LogP contribution in [-0.2, 0) is 31.9 Å². The Morgan fingerprint density at radius 1 is 1.29 bits per heavy atom. The molecule has 2 amide bonds. The normalized spacial score (nSPS) is 23.9. The summed E-state index contributed by atoms with van der Waals surface area (Å²) in [5.41, 5.74) is 3.80. The lowest BCUT2D eigenvalue weighted by molar-refractivity contribution is -0.141. The van der Waals surface area contributed by atoms with E-state index in [9.17, 15) is 14.4 Å². The lowest BCUT2D eigenvalue weighted by atomic mass is 9.97. The predicted molar refractivity (Wildman–Crippen MR) is 85.0 cm³/mol. The van der Waals surface area contributed by atoms with Crippen molar-refractivity contribution >= 4 is 29.3 Å². The lowest BCUT2D eigenvalue weighted by Gasteiger charge is -2.16. The molecule has 24 heavy (non-hydrogen) atoms. The van der Waals surface area contributed by atoms with Crippen molar-refractivity contribution in [1.82, 2.24) is 0 Å². The highest BCUT2D eigenvalue weighted by atomic mass is 16.6. The van der Waals surface area contributed by atoms with E-state index in [-0.39, 0.29) is 36.5 Å². The number of methoxy groups -OCH3 is 1. The fraction of sp³-hybridized carbons (Fsp3) is 0.471. The molecule has 0 bridgehead atoms. The largest absolute Gasteiger partial charge is 0.469 e. The highest BCUT2D eigenvalue weighted by Crippen LogP contribution is 2.45. The zero-order chi connectivity index (χ0) is 17.0. The Balaban J connectivity index is 1.63. The van der Waals surface area contributed by atoms with E-state index in [0.717, 1.165) is 22.5 Å². The molecule has 0 N–H and O–H groups in total. The Kier molecular flexibility index (Phi) is 3.26. The van der Waals surface area contributed by atoms with E-state index in [4.69, 9.17) is 4.74 Å². The number of ether oxygens (including phenoxy) is 2. The summed E-state index contributed by atoms with van der Waals surface area (Å²) in [6.45, 7) is 0. The summed E-state index contributed by atoms with van der Waals surface area (Å²) in [6, 6.07) is 3.65. The van der Waals surface area contributed by atoms with Gasteiger partial charge in [0.25, 0.3) is 0 Å². The molecule has 3 aliphatic heterocycles. The Bertz CT molecular complexity index is 760. The molecule has 1 saturated heterocycles. The van der Waals surface area contributed by atoms with E-state index in [2.05, 4.69) is 4.74 Å². The number of esters is 1. The average Bonchev–Trinajstić information content (AvgIpc) is 3.18. The van der Waals surface area contributed by atoms with Crippen LogP contribution in [0.1, 0.15) is 24.0 Å². The maximum atomic E-state index is 12.3. The van der Waals surface area contributed by atoms with Crippen molar-refractivity contribution in [3.63, 3.8) is 0 Å². The van der Waals surface area contributed by atoms with Gasteiger partial charge in [-0.05, 0) is 36.1 Å². The van der Waals surface area contributed by atoms with Gasteiger partial charge in [-0.15, -0.1) is 0 Å². The van der Waals surface area contributed by atoms with Crippen LogP contribution in [0.25, 0.3) is 0 Å². The SMILES string of the molecule is COC(=O)CC[C@@H]1OC(=O)N2c3ccc4c(c3C[C@@H]12)CC(=O)N4C. The van der Waals surface area contributed by atoms with Crippen LogP contribution in [-0.4, -0.2) is 44.3 Å². The minimum absolute atomic E-state index is 0.0651. The Labute approximate surface area is 139 Å². The Morgan fingerprint density at radius 2 is 2.04 bits per heavy atom. The smallest absolute Gasteiger partial charge is 0.415 e. The third-order valence-corrected chi connectivity index (χ3v) is 5.19. The maximum Gasteiger partial charge on any atom is 0.415 e. The first-order chi connectivity index (χ1) is 11.5. The number of amides is 2. The van der Waals surface area contributed by atoms with E-state index in [1.807, 2.05) is 12.1 Å². The average molecular weight is 330 g/mol. The fourth-order valence-corrected chi connectivity index (χ4v) is 3.93. The first-order valence-corrected chi connectivity index (χ1v) is 7.99. The van der Waals surface area contributed by atoms with E-state index < -0.39 is 0 Å². The molecule has 126 valence electrons. The van der Waals surface area contributed by atoms with Gasteiger partial charge in [-0.1, -0.05) is 0 Å². The van der Waals surface area contributed by atoms with Crippen LogP contribution >= 0.6 is 0 Å². The number of anilines is 2. The molecule has 0 aromatic heterocycles. The maximum absolute atomic E-state index is 12.3. The highest BCUT2D eigenvalue weighted by molar-refractivity contribution is 6.04. The minimum Gasteiger partial charge on any atom is -0.469 e. The summed E-state index contributed by atoms with van der Waals surface area (Å²) >= 11 is 0. The molecule has 1 fully saturated rings. The Morgan fingerprint density at radius 3 is 2.79 bits per heavy atom. The summed E-state index contributed by atoms with van der Waals surface area (Å²) in [4.78, 5) is 39.0. The van der Waals surface area contributed by atoms with Gasteiger partial charge in [0.1, 0.15) is 6.10 Å². The lowest BCUT2D eigenvalue weighted by Crippen LogP contribution is -2.33. The summed E-state index contributed by atoms with van der Waals surface area (Å²) in [5, 5.41) is 0. The van der Waals surface area contributed by atoms with Gasteiger partial charge in [0, 0.05) is 19.2 Å². The van der Waals surface area contributed by atoms with Gasteiger partial charge in [0.05, 0.1) is 25.3 Å². The number of rotatable bonds is 3. The molecular weight excluding hydrogens is 312 g/mol. The summed E-state index contributed by atoms with van der Waals surface area (Å²) in [6.07, 6.45) is 0.957. The molecule has 0 spiro atoms. The molecule has 1 aromatic rings. The quantitative estimate of drug-likeness (QED) is 0.783. The second-order valence-corrected chi connectivity index (χ2v) is 6.37. The molecule has 2 atom stereocenters. The van der Waals surface area contributed by atoms with Crippen molar-refractivity contribution in [3.8, 4) is 0 Å². The van der Waals surface area contributed by atoms with Crippen molar-refractivity contribution in [3.05, 3.63) is 23.3 Å². The zero-order valence-electron chi connectivity index (χ0n) is 13.6. The molecule has 4 rings (SSSR count). The summed E-state index contributed by atoms with van der Waals surface area (Å²) in [5.74, 6) is -0.247. The molecule has 7 nitrogen and oxygen atoms in total. The second kappa shape index (κ2) is 5.22. The number of carbonyl (C=O) groups excluding carboxylic acids is 3. The van der Waals surface area contributed by atoms with Crippen molar-refractivity contribution in [1.29, 1.82) is 0 Å². The number of hydrogen-bond acceptors (Lipinski definition) is 5. The number of likely N-dealkylation sites (N-methyl/N-ethyl adjacent to an activating group) is 1. The number of benzene rings is 1. The monoisotopic (exact) mass is 330 g/mol. The van der Waals surface area contributed by atoms with Crippen LogP contribution in [0.15, 0.2) is 12.1 Å². The molecule has 0 aliphatic carbocycles.